The maximum atomic E-state index is 10.9. The average molecular weight is 333 g/mol. The van der Waals surface area contributed by atoms with Crippen LogP contribution in [0.15, 0.2) is 12.1 Å². The van der Waals surface area contributed by atoms with Crippen molar-refractivity contribution in [3.63, 3.8) is 0 Å². The van der Waals surface area contributed by atoms with Crippen LogP contribution in [0.1, 0.15) is 25.8 Å². The van der Waals surface area contributed by atoms with Gasteiger partial charge in [-0.15, -0.1) is 5.10 Å². The van der Waals surface area contributed by atoms with E-state index in [1.54, 1.807) is 11.6 Å². The van der Waals surface area contributed by atoms with E-state index >= 15 is 0 Å². The Balaban J connectivity index is 1.93. The molecule has 0 spiro atoms. The maximum absolute atomic E-state index is 10.9. The number of aliphatic hydroxyl groups excluding tert-OH is 1. The molecule has 0 bridgehead atoms. The first-order valence-corrected chi connectivity index (χ1v) is 8.26. The molecule has 1 atom stereocenters. The standard InChI is InChI=1S/C17H23N3O4/c1-11(21)10-20-16-13-4-3-8-23-15(13)6-5-14(16)17(19-20)24-9-7-18-12(2)22/h5-6,11,21H,3-4,7-10H2,1-2H3,(H,18,22)/t11-/m1/s1. The van der Waals surface area contributed by atoms with E-state index in [1.807, 2.05) is 12.1 Å². The molecule has 0 saturated carbocycles. The number of nitrogens with one attached hydrogen (secondary N) is 1. The van der Waals surface area contributed by atoms with Gasteiger partial charge in [0, 0.05) is 12.5 Å². The summed E-state index contributed by atoms with van der Waals surface area (Å²) in [5, 5.41) is 17.9. The van der Waals surface area contributed by atoms with Gasteiger partial charge in [-0.1, -0.05) is 0 Å². The lowest BCUT2D eigenvalue weighted by Gasteiger charge is -2.19. The molecule has 0 saturated heterocycles. The molecule has 7 nitrogen and oxygen atoms in total. The zero-order chi connectivity index (χ0) is 17.1. The van der Waals surface area contributed by atoms with Crippen molar-refractivity contribution in [1.82, 2.24) is 15.1 Å². The fourth-order valence-electron chi connectivity index (χ4n) is 2.97. The zero-order valence-electron chi connectivity index (χ0n) is 14.0. The molecule has 2 heterocycles. The number of carbonyl (C=O) groups excluding carboxylic acids is 1. The van der Waals surface area contributed by atoms with Crippen molar-refractivity contribution >= 4 is 16.8 Å². The Labute approximate surface area is 140 Å². The van der Waals surface area contributed by atoms with Crippen LogP contribution in [0.5, 0.6) is 11.6 Å². The van der Waals surface area contributed by atoms with Crippen LogP contribution in [0.2, 0.25) is 0 Å². The largest absolute Gasteiger partial charge is 0.493 e. The Morgan fingerprint density at radius 1 is 1.54 bits per heavy atom. The Kier molecular flexibility index (Phi) is 4.89. The summed E-state index contributed by atoms with van der Waals surface area (Å²) in [6.45, 7) is 5.09. The molecule has 0 fully saturated rings. The molecule has 1 aliphatic rings. The first-order valence-electron chi connectivity index (χ1n) is 8.26. The minimum Gasteiger partial charge on any atom is -0.493 e. The molecule has 1 aromatic carbocycles. The van der Waals surface area contributed by atoms with Gasteiger partial charge in [0.15, 0.2) is 0 Å². The summed E-state index contributed by atoms with van der Waals surface area (Å²) in [4.78, 5) is 10.9. The van der Waals surface area contributed by atoms with Crippen LogP contribution in [-0.4, -0.2) is 46.7 Å². The Morgan fingerprint density at radius 2 is 2.38 bits per heavy atom. The van der Waals surface area contributed by atoms with E-state index in [9.17, 15) is 9.90 Å². The van der Waals surface area contributed by atoms with E-state index in [2.05, 4.69) is 10.4 Å². The number of aromatic nitrogens is 2. The van der Waals surface area contributed by atoms with Crippen LogP contribution in [0.3, 0.4) is 0 Å². The third-order valence-electron chi connectivity index (χ3n) is 3.92. The highest BCUT2D eigenvalue weighted by atomic mass is 16.5. The minimum atomic E-state index is -0.513. The molecule has 0 radical (unpaired) electrons. The van der Waals surface area contributed by atoms with Gasteiger partial charge >= 0.3 is 0 Å². The molecule has 24 heavy (non-hydrogen) atoms. The number of amides is 1. The molecule has 1 aliphatic heterocycles. The second-order valence-electron chi connectivity index (χ2n) is 6.06. The number of aryl methyl sites for hydroxylation is 1. The molecule has 0 aliphatic carbocycles. The number of ether oxygens (including phenoxy) is 2. The van der Waals surface area contributed by atoms with Gasteiger partial charge in [0.25, 0.3) is 0 Å². The number of benzene rings is 1. The van der Waals surface area contributed by atoms with Crippen LogP contribution in [0.25, 0.3) is 10.9 Å². The fraction of sp³-hybridized carbons (Fsp3) is 0.529. The number of aliphatic hydroxyl groups is 1. The van der Waals surface area contributed by atoms with E-state index < -0.39 is 6.10 Å². The number of fused-ring (bicyclic) bond motifs is 3. The van der Waals surface area contributed by atoms with E-state index in [0.717, 1.165) is 41.7 Å². The predicted octanol–water partition coefficient (Wildman–Crippen LogP) is 1.26. The lowest BCUT2D eigenvalue weighted by molar-refractivity contribution is -0.119. The van der Waals surface area contributed by atoms with Crippen LogP contribution in [0.4, 0.5) is 0 Å². The summed E-state index contributed by atoms with van der Waals surface area (Å²) in [5.41, 5.74) is 2.08. The van der Waals surface area contributed by atoms with Crippen LogP contribution in [0, 0.1) is 0 Å². The molecule has 130 valence electrons. The molecule has 7 heteroatoms. The van der Waals surface area contributed by atoms with Gasteiger partial charge in [-0.05, 0) is 31.9 Å². The molecule has 0 unspecified atom stereocenters. The van der Waals surface area contributed by atoms with Crippen LogP contribution in [-0.2, 0) is 17.8 Å². The fourth-order valence-corrected chi connectivity index (χ4v) is 2.97. The van der Waals surface area contributed by atoms with Gasteiger partial charge in [-0.3, -0.25) is 9.48 Å². The molecule has 1 aromatic heterocycles. The third kappa shape index (κ3) is 3.46. The molecule has 2 N–H and O–H groups in total. The average Bonchev–Trinajstić information content (AvgIpc) is 2.89. The number of rotatable bonds is 6. The molecular weight excluding hydrogens is 310 g/mol. The maximum Gasteiger partial charge on any atom is 0.240 e. The Hall–Kier alpha value is -2.28. The Morgan fingerprint density at radius 3 is 3.12 bits per heavy atom. The van der Waals surface area contributed by atoms with Gasteiger partial charge in [-0.2, -0.15) is 0 Å². The van der Waals surface area contributed by atoms with Crippen molar-refractivity contribution in [3.8, 4) is 11.6 Å². The Bertz CT molecular complexity index is 739. The highest BCUT2D eigenvalue weighted by Gasteiger charge is 2.21. The number of nitrogens with zero attached hydrogens (tertiary/aromatic N) is 2. The van der Waals surface area contributed by atoms with Gasteiger partial charge in [0.1, 0.15) is 12.4 Å². The summed E-state index contributed by atoms with van der Waals surface area (Å²) < 4.78 is 13.3. The van der Waals surface area contributed by atoms with Gasteiger partial charge in [0.2, 0.25) is 11.8 Å². The predicted molar refractivity (Wildman–Crippen MR) is 89.4 cm³/mol. The van der Waals surface area contributed by atoms with E-state index in [1.165, 1.54) is 6.92 Å². The molecule has 2 aromatic rings. The number of hydrogen-bond donors (Lipinski definition) is 2. The smallest absolute Gasteiger partial charge is 0.240 e. The summed E-state index contributed by atoms with van der Waals surface area (Å²) in [6, 6.07) is 3.89. The van der Waals surface area contributed by atoms with Crippen LogP contribution >= 0.6 is 0 Å². The summed E-state index contributed by atoms with van der Waals surface area (Å²) >= 11 is 0. The van der Waals surface area contributed by atoms with Crippen molar-refractivity contribution in [2.24, 2.45) is 0 Å². The first kappa shape index (κ1) is 16.6. The summed E-state index contributed by atoms with van der Waals surface area (Å²) in [6.07, 6.45) is 1.37. The summed E-state index contributed by atoms with van der Waals surface area (Å²) in [5.74, 6) is 1.31. The molecule has 1 amide bonds. The van der Waals surface area contributed by atoms with E-state index in [4.69, 9.17) is 9.47 Å². The second-order valence-corrected chi connectivity index (χ2v) is 6.06. The summed E-state index contributed by atoms with van der Waals surface area (Å²) in [7, 11) is 0. The topological polar surface area (TPSA) is 85.6 Å². The van der Waals surface area contributed by atoms with Crippen molar-refractivity contribution < 1.29 is 19.4 Å². The van der Waals surface area contributed by atoms with Crippen LogP contribution < -0.4 is 14.8 Å². The normalized spacial score (nSPS) is 14.8. The van der Waals surface area contributed by atoms with Crippen molar-refractivity contribution in [2.75, 3.05) is 19.8 Å². The lowest BCUT2D eigenvalue weighted by Crippen LogP contribution is -2.25. The van der Waals surface area contributed by atoms with Gasteiger partial charge < -0.3 is 19.9 Å². The van der Waals surface area contributed by atoms with Gasteiger partial charge in [-0.25, -0.2) is 0 Å². The molecular formula is C17H23N3O4. The lowest BCUT2D eigenvalue weighted by atomic mass is 10.0. The second kappa shape index (κ2) is 7.09. The molecule has 3 rings (SSSR count). The van der Waals surface area contributed by atoms with E-state index in [-0.39, 0.29) is 5.91 Å². The van der Waals surface area contributed by atoms with Crippen molar-refractivity contribution in [3.05, 3.63) is 17.7 Å². The highest BCUT2D eigenvalue weighted by Crippen LogP contribution is 2.36. The zero-order valence-corrected chi connectivity index (χ0v) is 14.0. The SMILES string of the molecule is CC(=O)NCCOc1nn(C[C@@H](C)O)c2c3c(ccc12)OCCC3. The first-order chi connectivity index (χ1) is 11.6. The number of carbonyl (C=O) groups is 1. The monoisotopic (exact) mass is 333 g/mol. The third-order valence-corrected chi connectivity index (χ3v) is 3.92. The number of hydrogen-bond acceptors (Lipinski definition) is 5. The van der Waals surface area contributed by atoms with Crippen molar-refractivity contribution in [2.45, 2.75) is 39.3 Å². The quantitative estimate of drug-likeness (QED) is 0.777. The van der Waals surface area contributed by atoms with Crippen molar-refractivity contribution in [1.29, 1.82) is 0 Å². The van der Waals surface area contributed by atoms with E-state index in [0.29, 0.717) is 25.6 Å². The van der Waals surface area contributed by atoms with Gasteiger partial charge in [0.05, 0.1) is 36.7 Å². The highest BCUT2D eigenvalue weighted by molar-refractivity contribution is 5.89. The minimum absolute atomic E-state index is 0.0886.